The van der Waals surface area contributed by atoms with Gasteiger partial charge in [0, 0.05) is 34.7 Å². The molecule has 4 aromatic rings. The molecule has 5 heteroatoms. The third kappa shape index (κ3) is 3.44. The van der Waals surface area contributed by atoms with Crippen LogP contribution >= 0.6 is 0 Å². The Balaban J connectivity index is 1.73. The Morgan fingerprint density at radius 3 is 2.28 bits per heavy atom. The lowest BCUT2D eigenvalue weighted by Gasteiger charge is -2.26. The Bertz CT molecular complexity index is 1120. The number of rotatable bonds is 5. The molecule has 148 valence electrons. The van der Waals surface area contributed by atoms with Gasteiger partial charge in [-0.1, -0.05) is 29.4 Å². The summed E-state index contributed by atoms with van der Waals surface area (Å²) in [6.45, 7) is 11.2. The maximum absolute atomic E-state index is 5.38. The molecule has 0 atom stereocenters. The van der Waals surface area contributed by atoms with Gasteiger partial charge in [0.05, 0.1) is 11.9 Å². The highest BCUT2D eigenvalue weighted by Crippen LogP contribution is 2.35. The molecule has 0 fully saturated rings. The Morgan fingerprint density at radius 2 is 1.69 bits per heavy atom. The molecule has 0 aliphatic rings. The van der Waals surface area contributed by atoms with Gasteiger partial charge in [-0.05, 0) is 69.5 Å². The number of benzene rings is 2. The van der Waals surface area contributed by atoms with Crippen LogP contribution < -0.4 is 4.90 Å². The first-order valence-corrected chi connectivity index (χ1v) is 9.91. The van der Waals surface area contributed by atoms with E-state index in [2.05, 4.69) is 76.6 Å². The Labute approximate surface area is 171 Å². The van der Waals surface area contributed by atoms with Crippen molar-refractivity contribution in [3.05, 3.63) is 71.4 Å². The maximum Gasteiger partial charge on any atom is 0.141 e. The van der Waals surface area contributed by atoms with Gasteiger partial charge in [-0.3, -0.25) is 5.10 Å². The summed E-state index contributed by atoms with van der Waals surface area (Å²) < 4.78 is 5.38. The van der Waals surface area contributed by atoms with E-state index in [0.29, 0.717) is 0 Å². The molecule has 0 spiro atoms. The van der Waals surface area contributed by atoms with E-state index in [-0.39, 0.29) is 0 Å². The lowest BCUT2D eigenvalue weighted by Crippen LogP contribution is -2.17. The fraction of sp³-hybridized carbons (Fsp3) is 0.250. The smallest absolute Gasteiger partial charge is 0.141 e. The summed E-state index contributed by atoms with van der Waals surface area (Å²) in [5, 5.41) is 11.2. The summed E-state index contributed by atoms with van der Waals surface area (Å²) in [5.41, 5.74) is 10.1. The number of hydrogen-bond donors (Lipinski definition) is 1. The number of aromatic nitrogens is 3. The van der Waals surface area contributed by atoms with Crippen LogP contribution in [-0.4, -0.2) is 21.9 Å². The predicted octanol–water partition coefficient (Wildman–Crippen LogP) is 6.12. The monoisotopic (exact) mass is 386 g/mol. The Kier molecular flexibility index (Phi) is 4.97. The van der Waals surface area contributed by atoms with Crippen LogP contribution in [0.1, 0.15) is 29.6 Å². The molecular formula is C24H26N4O. The molecule has 0 saturated heterocycles. The van der Waals surface area contributed by atoms with Crippen molar-refractivity contribution in [1.82, 2.24) is 15.4 Å². The zero-order chi connectivity index (χ0) is 20.5. The number of anilines is 2. The van der Waals surface area contributed by atoms with E-state index in [4.69, 9.17) is 4.52 Å². The molecule has 0 bridgehead atoms. The van der Waals surface area contributed by atoms with Gasteiger partial charge in [-0.25, -0.2) is 0 Å². The normalized spacial score (nSPS) is 11.1. The molecule has 2 aromatic heterocycles. The first-order valence-electron chi connectivity index (χ1n) is 9.91. The number of nitrogens with zero attached hydrogens (tertiary/aromatic N) is 3. The predicted molar refractivity (Wildman–Crippen MR) is 118 cm³/mol. The zero-order valence-corrected chi connectivity index (χ0v) is 17.6. The molecule has 1 N–H and O–H groups in total. The Morgan fingerprint density at radius 1 is 0.966 bits per heavy atom. The average Bonchev–Trinajstić information content (AvgIpc) is 3.29. The van der Waals surface area contributed by atoms with E-state index in [1.807, 2.05) is 27.0 Å². The number of hydrogen-bond acceptors (Lipinski definition) is 4. The van der Waals surface area contributed by atoms with Crippen molar-refractivity contribution >= 4 is 11.4 Å². The summed E-state index contributed by atoms with van der Waals surface area (Å²) in [6.07, 6.45) is 1.87. The molecule has 4 rings (SSSR count). The highest BCUT2D eigenvalue weighted by Gasteiger charge is 2.16. The van der Waals surface area contributed by atoms with Gasteiger partial charge < -0.3 is 9.42 Å². The van der Waals surface area contributed by atoms with Gasteiger partial charge in [0.15, 0.2) is 0 Å². The van der Waals surface area contributed by atoms with Crippen LogP contribution in [0.5, 0.6) is 0 Å². The fourth-order valence-electron chi connectivity index (χ4n) is 3.91. The number of nitrogens with one attached hydrogen (secondary N) is 1. The maximum atomic E-state index is 5.38. The van der Waals surface area contributed by atoms with Crippen LogP contribution in [0.2, 0.25) is 0 Å². The topological polar surface area (TPSA) is 58.0 Å². The molecule has 0 aliphatic carbocycles. The first kappa shape index (κ1) is 19.0. The zero-order valence-electron chi connectivity index (χ0n) is 17.6. The quantitative estimate of drug-likeness (QED) is 0.449. The van der Waals surface area contributed by atoms with Crippen LogP contribution in [0.25, 0.3) is 22.3 Å². The molecule has 0 amide bonds. The molecule has 0 aliphatic heterocycles. The van der Waals surface area contributed by atoms with E-state index in [0.717, 1.165) is 51.6 Å². The minimum absolute atomic E-state index is 0.847. The van der Waals surface area contributed by atoms with Crippen molar-refractivity contribution in [2.75, 3.05) is 11.4 Å². The van der Waals surface area contributed by atoms with Gasteiger partial charge in [-0.2, -0.15) is 5.10 Å². The lowest BCUT2D eigenvalue weighted by atomic mass is 10.0. The second kappa shape index (κ2) is 7.59. The first-order chi connectivity index (χ1) is 14.0. The third-order valence-corrected chi connectivity index (χ3v) is 5.46. The minimum Gasteiger partial charge on any atom is -0.361 e. The molecule has 29 heavy (non-hydrogen) atoms. The number of H-pyrrole nitrogens is 1. The Hall–Kier alpha value is -3.34. The molecular weight excluding hydrogens is 360 g/mol. The highest BCUT2D eigenvalue weighted by molar-refractivity contribution is 5.77. The second-order valence-electron chi connectivity index (χ2n) is 7.40. The van der Waals surface area contributed by atoms with E-state index in [1.165, 1.54) is 11.3 Å². The molecule has 5 nitrogen and oxygen atoms in total. The SMILES string of the molecule is CCN(c1ccc(-c2cn[nH]c2C)cc1)c1cc(-c2c(C)noc2C)ccc1C. The highest BCUT2D eigenvalue weighted by atomic mass is 16.5. The van der Waals surface area contributed by atoms with Crippen molar-refractivity contribution < 1.29 is 4.52 Å². The average molecular weight is 386 g/mol. The van der Waals surface area contributed by atoms with Crippen LogP contribution in [-0.2, 0) is 0 Å². The van der Waals surface area contributed by atoms with Crippen molar-refractivity contribution in [3.8, 4) is 22.3 Å². The van der Waals surface area contributed by atoms with Crippen LogP contribution in [0.3, 0.4) is 0 Å². The van der Waals surface area contributed by atoms with Crippen LogP contribution in [0, 0.1) is 27.7 Å². The molecule has 2 aromatic carbocycles. The number of aryl methyl sites for hydroxylation is 4. The second-order valence-corrected chi connectivity index (χ2v) is 7.40. The van der Waals surface area contributed by atoms with Crippen molar-refractivity contribution in [3.63, 3.8) is 0 Å². The van der Waals surface area contributed by atoms with Crippen LogP contribution in [0.4, 0.5) is 11.4 Å². The summed E-state index contributed by atoms with van der Waals surface area (Å²) in [5.74, 6) is 0.847. The molecule has 0 unspecified atom stereocenters. The van der Waals surface area contributed by atoms with Crippen molar-refractivity contribution in [2.24, 2.45) is 0 Å². The van der Waals surface area contributed by atoms with E-state index >= 15 is 0 Å². The van der Waals surface area contributed by atoms with Crippen LogP contribution in [0.15, 0.2) is 53.2 Å². The van der Waals surface area contributed by atoms with Gasteiger partial charge in [0.2, 0.25) is 0 Å². The van der Waals surface area contributed by atoms with Gasteiger partial charge in [0.1, 0.15) is 5.76 Å². The van der Waals surface area contributed by atoms with E-state index in [9.17, 15) is 0 Å². The largest absolute Gasteiger partial charge is 0.361 e. The summed E-state index contributed by atoms with van der Waals surface area (Å²) in [4.78, 5) is 2.34. The molecule has 2 heterocycles. The van der Waals surface area contributed by atoms with E-state index < -0.39 is 0 Å². The van der Waals surface area contributed by atoms with Gasteiger partial charge in [-0.15, -0.1) is 0 Å². The number of aromatic amines is 1. The fourth-order valence-corrected chi connectivity index (χ4v) is 3.91. The van der Waals surface area contributed by atoms with Gasteiger partial charge >= 0.3 is 0 Å². The van der Waals surface area contributed by atoms with Gasteiger partial charge in [0.25, 0.3) is 0 Å². The third-order valence-electron chi connectivity index (χ3n) is 5.46. The lowest BCUT2D eigenvalue weighted by molar-refractivity contribution is 0.393. The summed E-state index contributed by atoms with van der Waals surface area (Å²) in [7, 11) is 0. The summed E-state index contributed by atoms with van der Waals surface area (Å²) >= 11 is 0. The van der Waals surface area contributed by atoms with Crippen molar-refractivity contribution in [2.45, 2.75) is 34.6 Å². The molecule has 0 radical (unpaired) electrons. The minimum atomic E-state index is 0.847. The summed E-state index contributed by atoms with van der Waals surface area (Å²) in [6, 6.07) is 15.2. The molecule has 0 saturated carbocycles. The standard InChI is InChI=1S/C24H26N4O/c1-6-28(21-11-9-19(10-12-21)22-14-25-26-16(22)3)23-13-20(8-7-15(23)2)24-17(4)27-29-18(24)5/h7-14H,6H2,1-5H3,(H,25,26). The van der Waals surface area contributed by atoms with E-state index in [1.54, 1.807) is 0 Å². The van der Waals surface area contributed by atoms with Crippen molar-refractivity contribution in [1.29, 1.82) is 0 Å².